The molecule has 0 aromatic carbocycles. The lowest BCUT2D eigenvalue weighted by molar-refractivity contribution is -0.0987. The van der Waals surface area contributed by atoms with Gasteiger partial charge in [-0.25, -0.2) is 9.67 Å². The number of aromatic nitrogens is 3. The molecule has 2 rings (SSSR count). The number of nitrogens with one attached hydrogen (secondary N) is 1. The molecule has 6 nitrogen and oxygen atoms in total. The van der Waals surface area contributed by atoms with E-state index in [4.69, 9.17) is 10.6 Å². The highest BCUT2D eigenvalue weighted by Crippen LogP contribution is 2.38. The molecule has 0 spiro atoms. The normalized spacial score (nSPS) is 19.8. The van der Waals surface area contributed by atoms with E-state index in [1.807, 2.05) is 4.68 Å². The molecule has 1 aliphatic carbocycles. The molecule has 0 radical (unpaired) electrons. The molecular formula is C12H23N5O. The predicted octanol–water partition coefficient (Wildman–Crippen LogP) is 0.802. The summed E-state index contributed by atoms with van der Waals surface area (Å²) in [7, 11) is 1.76. The number of ether oxygens (including phenoxy) is 1. The summed E-state index contributed by atoms with van der Waals surface area (Å²) in [4.78, 5) is 4.33. The fourth-order valence-corrected chi connectivity index (χ4v) is 2.65. The van der Waals surface area contributed by atoms with E-state index in [0.717, 1.165) is 25.1 Å². The highest BCUT2D eigenvalue weighted by atomic mass is 16.5. The first-order chi connectivity index (χ1) is 8.63. The first-order valence-corrected chi connectivity index (χ1v) is 6.52. The van der Waals surface area contributed by atoms with Crippen LogP contribution in [0.1, 0.15) is 45.0 Å². The summed E-state index contributed by atoms with van der Waals surface area (Å²) in [5.41, 5.74) is 2.76. The molecule has 6 heteroatoms. The number of methoxy groups -OCH3 is 1. The predicted molar refractivity (Wildman–Crippen MR) is 68.8 cm³/mol. The van der Waals surface area contributed by atoms with Gasteiger partial charge in [0.25, 0.3) is 0 Å². The lowest BCUT2D eigenvalue weighted by Gasteiger charge is -2.46. The lowest BCUT2D eigenvalue weighted by atomic mass is 9.73. The average Bonchev–Trinajstić information content (AvgIpc) is 2.75. The van der Waals surface area contributed by atoms with Gasteiger partial charge in [-0.05, 0) is 33.1 Å². The molecule has 1 heterocycles. The fraction of sp³-hybridized carbons (Fsp3) is 0.833. The Balaban J connectivity index is 2.13. The maximum Gasteiger partial charge on any atom is 0.138 e. The summed E-state index contributed by atoms with van der Waals surface area (Å²) in [6.45, 7) is 4.19. The molecule has 1 atom stereocenters. The molecular weight excluding hydrogens is 230 g/mol. The Kier molecular flexibility index (Phi) is 3.99. The monoisotopic (exact) mass is 253 g/mol. The van der Waals surface area contributed by atoms with E-state index in [0.29, 0.717) is 6.04 Å². The molecule has 1 fully saturated rings. The highest BCUT2D eigenvalue weighted by Gasteiger charge is 2.44. The molecule has 0 bridgehead atoms. The summed E-state index contributed by atoms with van der Waals surface area (Å²) in [6.07, 6.45) is 5.64. The van der Waals surface area contributed by atoms with E-state index in [-0.39, 0.29) is 11.6 Å². The van der Waals surface area contributed by atoms with Crippen molar-refractivity contribution in [1.29, 1.82) is 0 Å². The average molecular weight is 253 g/mol. The van der Waals surface area contributed by atoms with E-state index in [1.165, 1.54) is 6.42 Å². The minimum atomic E-state index is -0.136. The summed E-state index contributed by atoms with van der Waals surface area (Å²) in [5.74, 6) is 6.65. The molecule has 18 heavy (non-hydrogen) atoms. The van der Waals surface area contributed by atoms with Crippen LogP contribution in [0, 0.1) is 0 Å². The maximum absolute atomic E-state index is 5.70. The van der Waals surface area contributed by atoms with Crippen molar-refractivity contribution in [2.24, 2.45) is 5.84 Å². The standard InChI is InChI=1S/C12H23N5O/c1-9(2)17-11(14-8-15-17)7-10(16-13)12(18-3)5-4-6-12/h8-10,16H,4-7,13H2,1-3H3. The van der Waals surface area contributed by atoms with Crippen molar-refractivity contribution in [3.8, 4) is 0 Å². The largest absolute Gasteiger partial charge is 0.377 e. The zero-order valence-corrected chi connectivity index (χ0v) is 11.4. The number of hydrazine groups is 1. The van der Waals surface area contributed by atoms with Crippen LogP contribution in [0.5, 0.6) is 0 Å². The van der Waals surface area contributed by atoms with Crippen molar-refractivity contribution in [2.75, 3.05) is 7.11 Å². The number of nitrogens with zero attached hydrogens (tertiary/aromatic N) is 3. The Morgan fingerprint density at radius 3 is 2.72 bits per heavy atom. The summed E-state index contributed by atoms with van der Waals surface area (Å²) in [5, 5.41) is 4.25. The van der Waals surface area contributed by atoms with Crippen molar-refractivity contribution in [2.45, 2.75) is 57.2 Å². The van der Waals surface area contributed by atoms with Gasteiger partial charge in [0, 0.05) is 19.6 Å². The number of nitrogens with two attached hydrogens (primary N) is 1. The molecule has 1 aromatic heterocycles. The fourth-order valence-electron chi connectivity index (χ4n) is 2.65. The Morgan fingerprint density at radius 1 is 1.56 bits per heavy atom. The quantitative estimate of drug-likeness (QED) is 0.579. The minimum absolute atomic E-state index is 0.0814. The van der Waals surface area contributed by atoms with Gasteiger partial charge in [-0.3, -0.25) is 11.3 Å². The van der Waals surface area contributed by atoms with Gasteiger partial charge >= 0.3 is 0 Å². The van der Waals surface area contributed by atoms with Gasteiger partial charge in [-0.2, -0.15) is 5.10 Å². The Morgan fingerprint density at radius 2 is 2.28 bits per heavy atom. The summed E-state index contributed by atoms with van der Waals surface area (Å²) in [6, 6.07) is 0.388. The van der Waals surface area contributed by atoms with Crippen LogP contribution in [0.25, 0.3) is 0 Å². The van der Waals surface area contributed by atoms with Crippen molar-refractivity contribution in [1.82, 2.24) is 20.2 Å². The molecule has 1 aliphatic rings. The van der Waals surface area contributed by atoms with Gasteiger partial charge in [-0.1, -0.05) is 0 Å². The molecule has 0 saturated heterocycles. The zero-order chi connectivity index (χ0) is 13.2. The lowest BCUT2D eigenvalue weighted by Crippen LogP contribution is -2.59. The van der Waals surface area contributed by atoms with Crippen LogP contribution in [-0.4, -0.2) is 33.5 Å². The molecule has 3 N–H and O–H groups in total. The van der Waals surface area contributed by atoms with Crippen molar-refractivity contribution in [3.63, 3.8) is 0 Å². The Bertz CT molecular complexity index is 380. The third kappa shape index (κ3) is 2.28. The third-order valence-electron chi connectivity index (χ3n) is 3.97. The summed E-state index contributed by atoms with van der Waals surface area (Å²) >= 11 is 0. The first kappa shape index (κ1) is 13.5. The molecule has 1 unspecified atom stereocenters. The molecule has 102 valence electrons. The van der Waals surface area contributed by atoms with E-state index in [1.54, 1.807) is 13.4 Å². The summed E-state index contributed by atoms with van der Waals surface area (Å²) < 4.78 is 7.61. The van der Waals surface area contributed by atoms with Crippen LogP contribution in [0.15, 0.2) is 6.33 Å². The number of hydrogen-bond donors (Lipinski definition) is 2. The first-order valence-electron chi connectivity index (χ1n) is 6.52. The third-order valence-corrected chi connectivity index (χ3v) is 3.97. The van der Waals surface area contributed by atoms with Gasteiger partial charge in [-0.15, -0.1) is 0 Å². The van der Waals surface area contributed by atoms with Crippen LogP contribution in [-0.2, 0) is 11.2 Å². The molecule has 1 aromatic rings. The number of hydrogen-bond acceptors (Lipinski definition) is 5. The Labute approximate surface area is 108 Å². The topological polar surface area (TPSA) is 78.0 Å². The van der Waals surface area contributed by atoms with Gasteiger partial charge < -0.3 is 4.74 Å². The molecule has 0 amide bonds. The van der Waals surface area contributed by atoms with Gasteiger partial charge in [0.1, 0.15) is 12.2 Å². The van der Waals surface area contributed by atoms with Crippen LogP contribution in [0.4, 0.5) is 0 Å². The molecule has 0 aliphatic heterocycles. The minimum Gasteiger partial charge on any atom is -0.377 e. The Hall–Kier alpha value is -0.980. The van der Waals surface area contributed by atoms with Crippen LogP contribution < -0.4 is 11.3 Å². The van der Waals surface area contributed by atoms with E-state index in [9.17, 15) is 0 Å². The smallest absolute Gasteiger partial charge is 0.138 e. The van der Waals surface area contributed by atoms with E-state index < -0.39 is 0 Å². The van der Waals surface area contributed by atoms with Gasteiger partial charge in [0.15, 0.2) is 0 Å². The van der Waals surface area contributed by atoms with Crippen molar-refractivity contribution < 1.29 is 4.74 Å². The second-order valence-electron chi connectivity index (χ2n) is 5.26. The van der Waals surface area contributed by atoms with Crippen LogP contribution in [0.2, 0.25) is 0 Å². The SMILES string of the molecule is COC1(C(Cc2ncnn2C(C)C)NN)CCC1. The highest BCUT2D eigenvalue weighted by molar-refractivity contribution is 5.04. The van der Waals surface area contributed by atoms with Gasteiger partial charge in [0.05, 0.1) is 11.6 Å². The second-order valence-corrected chi connectivity index (χ2v) is 5.26. The van der Waals surface area contributed by atoms with Crippen molar-refractivity contribution >= 4 is 0 Å². The van der Waals surface area contributed by atoms with Gasteiger partial charge in [0.2, 0.25) is 0 Å². The van der Waals surface area contributed by atoms with Crippen LogP contribution in [0.3, 0.4) is 0 Å². The molecule has 1 saturated carbocycles. The number of rotatable bonds is 6. The van der Waals surface area contributed by atoms with E-state index >= 15 is 0 Å². The second kappa shape index (κ2) is 5.34. The van der Waals surface area contributed by atoms with Crippen LogP contribution >= 0.6 is 0 Å². The zero-order valence-electron chi connectivity index (χ0n) is 11.4. The maximum atomic E-state index is 5.70. The van der Waals surface area contributed by atoms with E-state index in [2.05, 4.69) is 29.4 Å². The van der Waals surface area contributed by atoms with Crippen molar-refractivity contribution in [3.05, 3.63) is 12.2 Å².